The molecule has 0 aliphatic rings. The number of aryl methyl sites for hydroxylation is 2. The Morgan fingerprint density at radius 3 is 2.43 bits per heavy atom. The van der Waals surface area contributed by atoms with Crippen LogP contribution in [0.25, 0.3) is 0 Å². The average Bonchev–Trinajstić information content (AvgIpc) is 2.57. The van der Waals surface area contributed by atoms with E-state index in [1.165, 1.54) is 11.8 Å². The SMILES string of the molecule is Cc1cc(C)cc(Sc2c(C(C)C)c(=O)[nH]c(=O)n2Cc2cccc(Cl)n2)c1. The largest absolute Gasteiger partial charge is 0.329 e. The summed E-state index contributed by atoms with van der Waals surface area (Å²) in [5.41, 5.74) is 2.70. The van der Waals surface area contributed by atoms with Crippen molar-refractivity contribution in [3.63, 3.8) is 0 Å². The summed E-state index contributed by atoms with van der Waals surface area (Å²) in [6.45, 7) is 8.18. The van der Waals surface area contributed by atoms with Crippen LogP contribution in [0, 0.1) is 13.8 Å². The molecule has 0 amide bonds. The van der Waals surface area contributed by atoms with Gasteiger partial charge in [-0.2, -0.15) is 0 Å². The summed E-state index contributed by atoms with van der Waals surface area (Å²) in [5, 5.41) is 0.998. The molecule has 1 N–H and O–H groups in total. The first-order valence-corrected chi connectivity index (χ1v) is 10.2. The fraction of sp³-hybridized carbons (Fsp3) is 0.286. The van der Waals surface area contributed by atoms with Crippen molar-refractivity contribution in [2.24, 2.45) is 0 Å². The maximum absolute atomic E-state index is 12.7. The van der Waals surface area contributed by atoms with Gasteiger partial charge in [0.1, 0.15) is 5.15 Å². The van der Waals surface area contributed by atoms with Crippen LogP contribution in [0.5, 0.6) is 0 Å². The van der Waals surface area contributed by atoms with Crippen molar-refractivity contribution in [2.45, 2.75) is 50.1 Å². The second-order valence-electron chi connectivity index (χ2n) is 7.10. The van der Waals surface area contributed by atoms with Crippen LogP contribution in [0.3, 0.4) is 0 Å². The minimum Gasteiger partial charge on any atom is -0.281 e. The van der Waals surface area contributed by atoms with Gasteiger partial charge in [-0.05, 0) is 55.2 Å². The highest BCUT2D eigenvalue weighted by Crippen LogP contribution is 2.32. The predicted octanol–water partition coefficient (Wildman–Crippen LogP) is 4.52. The van der Waals surface area contributed by atoms with E-state index < -0.39 is 5.69 Å². The minimum atomic E-state index is -0.456. The van der Waals surface area contributed by atoms with Gasteiger partial charge < -0.3 is 0 Å². The summed E-state index contributed by atoms with van der Waals surface area (Å²) in [6, 6.07) is 11.5. The molecule has 0 saturated heterocycles. The molecule has 3 rings (SSSR count). The Kier molecular flexibility index (Phi) is 6.10. The molecule has 146 valence electrons. The van der Waals surface area contributed by atoms with Gasteiger partial charge in [0.2, 0.25) is 0 Å². The number of rotatable bonds is 5. The van der Waals surface area contributed by atoms with Crippen LogP contribution >= 0.6 is 23.4 Å². The fourth-order valence-electron chi connectivity index (χ4n) is 3.13. The van der Waals surface area contributed by atoms with E-state index >= 15 is 0 Å². The second-order valence-corrected chi connectivity index (χ2v) is 8.55. The Balaban J connectivity index is 2.19. The number of nitrogens with zero attached hydrogens (tertiary/aromatic N) is 2. The number of hydrogen-bond donors (Lipinski definition) is 1. The molecule has 0 unspecified atom stereocenters. The highest BCUT2D eigenvalue weighted by molar-refractivity contribution is 7.99. The summed E-state index contributed by atoms with van der Waals surface area (Å²) in [5.74, 6) is -0.0451. The maximum Gasteiger partial charge on any atom is 0.329 e. The first-order valence-electron chi connectivity index (χ1n) is 8.99. The van der Waals surface area contributed by atoms with Crippen LogP contribution in [0.15, 0.2) is 55.9 Å². The molecule has 0 saturated carbocycles. The summed E-state index contributed by atoms with van der Waals surface area (Å²) in [6.07, 6.45) is 0. The van der Waals surface area contributed by atoms with Crippen molar-refractivity contribution in [2.75, 3.05) is 0 Å². The van der Waals surface area contributed by atoms with Gasteiger partial charge in [0.25, 0.3) is 5.56 Å². The summed E-state index contributed by atoms with van der Waals surface area (Å²) in [4.78, 5) is 33.0. The molecule has 2 heterocycles. The van der Waals surface area contributed by atoms with E-state index in [0.717, 1.165) is 16.0 Å². The number of aromatic nitrogens is 3. The molecular formula is C21H22ClN3O2S. The lowest BCUT2D eigenvalue weighted by atomic mass is 10.1. The standard InChI is InChI=1S/C21H22ClN3O2S/c1-12(2)18-19(26)24-21(27)25(11-15-6-5-7-17(22)23-15)20(18)28-16-9-13(3)8-14(4)10-16/h5-10,12H,11H2,1-4H3,(H,24,26,27). The summed E-state index contributed by atoms with van der Waals surface area (Å²) in [7, 11) is 0. The quantitative estimate of drug-likeness (QED) is 0.491. The average molecular weight is 416 g/mol. The number of benzene rings is 1. The lowest BCUT2D eigenvalue weighted by Crippen LogP contribution is -2.34. The highest BCUT2D eigenvalue weighted by atomic mass is 35.5. The molecular weight excluding hydrogens is 394 g/mol. The molecule has 0 atom stereocenters. The van der Waals surface area contributed by atoms with Crippen LogP contribution in [0.1, 0.15) is 42.1 Å². The van der Waals surface area contributed by atoms with E-state index in [-0.39, 0.29) is 18.0 Å². The number of H-pyrrole nitrogens is 1. The van der Waals surface area contributed by atoms with Crippen LogP contribution in [-0.2, 0) is 6.54 Å². The van der Waals surface area contributed by atoms with Crippen molar-refractivity contribution < 1.29 is 0 Å². The first-order chi connectivity index (χ1) is 13.2. The van der Waals surface area contributed by atoms with Gasteiger partial charge in [0.05, 0.1) is 22.8 Å². The molecule has 7 heteroatoms. The smallest absolute Gasteiger partial charge is 0.281 e. The number of nitrogens with one attached hydrogen (secondary N) is 1. The number of hydrogen-bond acceptors (Lipinski definition) is 4. The summed E-state index contributed by atoms with van der Waals surface area (Å²) < 4.78 is 1.57. The Bertz CT molecular complexity index is 1110. The Morgan fingerprint density at radius 2 is 1.82 bits per heavy atom. The molecule has 0 spiro atoms. The van der Waals surface area contributed by atoms with Gasteiger partial charge in [-0.3, -0.25) is 14.3 Å². The third-order valence-electron chi connectivity index (χ3n) is 4.27. The van der Waals surface area contributed by atoms with E-state index in [4.69, 9.17) is 11.6 Å². The summed E-state index contributed by atoms with van der Waals surface area (Å²) >= 11 is 7.43. The monoisotopic (exact) mass is 415 g/mol. The molecule has 5 nitrogen and oxygen atoms in total. The van der Waals surface area contributed by atoms with E-state index in [9.17, 15) is 9.59 Å². The van der Waals surface area contributed by atoms with Crippen molar-refractivity contribution in [3.05, 3.63) is 84.8 Å². The van der Waals surface area contributed by atoms with Crippen molar-refractivity contribution in [1.82, 2.24) is 14.5 Å². The van der Waals surface area contributed by atoms with Crippen LogP contribution < -0.4 is 11.2 Å². The highest BCUT2D eigenvalue weighted by Gasteiger charge is 2.19. The zero-order valence-corrected chi connectivity index (χ0v) is 17.8. The third kappa shape index (κ3) is 4.56. The molecule has 2 aromatic heterocycles. The van der Waals surface area contributed by atoms with Crippen LogP contribution in [-0.4, -0.2) is 14.5 Å². The van der Waals surface area contributed by atoms with Crippen molar-refractivity contribution in [3.8, 4) is 0 Å². The van der Waals surface area contributed by atoms with E-state index in [1.807, 2.05) is 33.8 Å². The Hall–Kier alpha value is -2.31. The van der Waals surface area contributed by atoms with Gasteiger partial charge in [0.15, 0.2) is 0 Å². The van der Waals surface area contributed by atoms with Gasteiger partial charge >= 0.3 is 5.69 Å². The molecule has 0 aliphatic heterocycles. The zero-order valence-electron chi connectivity index (χ0n) is 16.2. The van der Waals surface area contributed by atoms with Crippen molar-refractivity contribution >= 4 is 23.4 Å². The number of aromatic amines is 1. The fourth-order valence-corrected chi connectivity index (χ4v) is 4.72. The second kappa shape index (κ2) is 8.37. The predicted molar refractivity (Wildman–Crippen MR) is 114 cm³/mol. The van der Waals surface area contributed by atoms with Crippen LogP contribution in [0.2, 0.25) is 5.15 Å². The minimum absolute atomic E-state index is 0.0451. The molecule has 0 fully saturated rings. The van der Waals surface area contributed by atoms with Gasteiger partial charge in [-0.25, -0.2) is 9.78 Å². The normalized spacial score (nSPS) is 11.2. The first kappa shape index (κ1) is 20.4. The van der Waals surface area contributed by atoms with Crippen molar-refractivity contribution in [1.29, 1.82) is 0 Å². The third-order valence-corrected chi connectivity index (χ3v) is 5.58. The molecule has 1 aromatic carbocycles. The Labute approximate surface area is 172 Å². The lowest BCUT2D eigenvalue weighted by Gasteiger charge is -2.18. The van der Waals surface area contributed by atoms with Crippen LogP contribution in [0.4, 0.5) is 0 Å². The maximum atomic E-state index is 12.7. The lowest BCUT2D eigenvalue weighted by molar-refractivity contribution is 0.609. The van der Waals surface area contributed by atoms with Gasteiger partial charge in [0, 0.05) is 4.90 Å². The zero-order chi connectivity index (χ0) is 20.4. The van der Waals surface area contributed by atoms with E-state index in [2.05, 4.69) is 28.2 Å². The van der Waals surface area contributed by atoms with E-state index in [1.54, 1.807) is 16.7 Å². The topological polar surface area (TPSA) is 67.8 Å². The van der Waals surface area contributed by atoms with E-state index in [0.29, 0.717) is 21.4 Å². The molecule has 28 heavy (non-hydrogen) atoms. The van der Waals surface area contributed by atoms with Gasteiger partial charge in [-0.1, -0.05) is 49.3 Å². The number of pyridine rings is 1. The van der Waals surface area contributed by atoms with Gasteiger partial charge in [-0.15, -0.1) is 0 Å². The number of halogens is 1. The molecule has 0 aliphatic carbocycles. The molecule has 3 aromatic rings. The molecule has 0 bridgehead atoms. The Morgan fingerprint density at radius 1 is 1.14 bits per heavy atom. The molecule has 0 radical (unpaired) electrons.